The van der Waals surface area contributed by atoms with Crippen molar-refractivity contribution in [3.63, 3.8) is 0 Å². The maximum atomic E-state index is 11.8. The van der Waals surface area contributed by atoms with Gasteiger partial charge in [-0.1, -0.05) is 30.4 Å². The Hall–Kier alpha value is -1.77. The summed E-state index contributed by atoms with van der Waals surface area (Å²) in [5, 5.41) is 3.00. The molecule has 0 saturated heterocycles. The van der Waals surface area contributed by atoms with E-state index in [1.807, 2.05) is 24.3 Å². The molecule has 0 bridgehead atoms. The van der Waals surface area contributed by atoms with Crippen LogP contribution in [0.25, 0.3) is 0 Å². The van der Waals surface area contributed by atoms with Crippen LogP contribution in [0.1, 0.15) is 24.8 Å². The molecule has 3 nitrogen and oxygen atoms in total. The number of amides is 1. The number of nitrogens with one attached hydrogen (secondary N) is 1. The van der Waals surface area contributed by atoms with Crippen LogP contribution in [-0.4, -0.2) is 12.5 Å². The smallest absolute Gasteiger partial charge is 0.224 e. The Morgan fingerprint density at radius 2 is 2.17 bits per heavy atom. The quantitative estimate of drug-likeness (QED) is 0.630. The molecular formula is C15H20N2O. The van der Waals surface area contributed by atoms with Gasteiger partial charge in [-0.15, -0.1) is 0 Å². The van der Waals surface area contributed by atoms with Crippen molar-refractivity contribution in [2.45, 2.75) is 25.7 Å². The monoisotopic (exact) mass is 244 g/mol. The highest BCUT2D eigenvalue weighted by Gasteiger charge is 2.12. The normalized spacial score (nSPS) is 18.6. The number of hydrogen-bond donors (Lipinski definition) is 2. The molecule has 18 heavy (non-hydrogen) atoms. The fourth-order valence-electron chi connectivity index (χ4n) is 2.23. The third-order valence-electron chi connectivity index (χ3n) is 3.37. The predicted molar refractivity (Wildman–Crippen MR) is 74.0 cm³/mol. The van der Waals surface area contributed by atoms with Crippen LogP contribution in [0, 0.1) is 5.92 Å². The summed E-state index contributed by atoms with van der Waals surface area (Å²) in [4.78, 5) is 11.8. The predicted octanol–water partition coefficient (Wildman–Crippen LogP) is 2.28. The molecule has 1 amide bonds. The van der Waals surface area contributed by atoms with E-state index in [1.165, 1.54) is 6.42 Å². The van der Waals surface area contributed by atoms with Crippen LogP contribution in [0.3, 0.4) is 0 Å². The second-order valence-electron chi connectivity index (χ2n) is 4.83. The van der Waals surface area contributed by atoms with E-state index < -0.39 is 0 Å². The Balaban J connectivity index is 1.78. The van der Waals surface area contributed by atoms with Crippen LogP contribution >= 0.6 is 0 Å². The van der Waals surface area contributed by atoms with E-state index in [4.69, 9.17) is 5.73 Å². The van der Waals surface area contributed by atoms with Crippen molar-refractivity contribution in [2.75, 3.05) is 12.3 Å². The maximum absolute atomic E-state index is 11.8. The second kappa shape index (κ2) is 6.24. The highest BCUT2D eigenvalue weighted by molar-refractivity contribution is 5.80. The molecule has 1 unspecified atom stereocenters. The van der Waals surface area contributed by atoms with E-state index in [2.05, 4.69) is 17.5 Å². The van der Waals surface area contributed by atoms with Crippen molar-refractivity contribution in [1.29, 1.82) is 0 Å². The van der Waals surface area contributed by atoms with Crippen molar-refractivity contribution < 1.29 is 4.79 Å². The fraction of sp³-hybridized carbons (Fsp3) is 0.400. The van der Waals surface area contributed by atoms with Crippen molar-refractivity contribution in [2.24, 2.45) is 5.92 Å². The number of nitrogens with two attached hydrogens (primary N) is 1. The molecule has 0 aromatic heterocycles. The molecule has 3 N–H and O–H groups in total. The van der Waals surface area contributed by atoms with E-state index in [9.17, 15) is 4.79 Å². The molecule has 1 aliphatic rings. The Bertz CT molecular complexity index is 440. The van der Waals surface area contributed by atoms with Gasteiger partial charge in [0.2, 0.25) is 5.91 Å². The molecule has 0 spiro atoms. The Kier molecular flexibility index (Phi) is 4.40. The Labute approximate surface area is 108 Å². The lowest BCUT2D eigenvalue weighted by molar-refractivity contribution is -0.120. The highest BCUT2D eigenvalue weighted by atomic mass is 16.1. The van der Waals surface area contributed by atoms with Gasteiger partial charge < -0.3 is 11.1 Å². The van der Waals surface area contributed by atoms with Crippen molar-refractivity contribution in [1.82, 2.24) is 5.32 Å². The van der Waals surface area contributed by atoms with Crippen molar-refractivity contribution >= 4 is 11.6 Å². The fourth-order valence-corrected chi connectivity index (χ4v) is 2.23. The topological polar surface area (TPSA) is 55.1 Å². The van der Waals surface area contributed by atoms with Gasteiger partial charge in [0, 0.05) is 12.2 Å². The summed E-state index contributed by atoms with van der Waals surface area (Å²) in [6, 6.07) is 7.52. The summed E-state index contributed by atoms with van der Waals surface area (Å²) in [7, 11) is 0. The SMILES string of the molecule is Nc1ccccc1CC(=O)NCC1CC=CCC1. The lowest BCUT2D eigenvalue weighted by Gasteiger charge is -2.18. The summed E-state index contributed by atoms with van der Waals surface area (Å²) in [6.07, 6.45) is 8.16. The van der Waals surface area contributed by atoms with Gasteiger partial charge in [-0.25, -0.2) is 0 Å². The van der Waals surface area contributed by atoms with E-state index in [1.54, 1.807) is 0 Å². The molecule has 3 heteroatoms. The summed E-state index contributed by atoms with van der Waals surface area (Å²) in [5.41, 5.74) is 7.41. The number of para-hydroxylation sites is 1. The lowest BCUT2D eigenvalue weighted by Crippen LogP contribution is -2.31. The first-order valence-corrected chi connectivity index (χ1v) is 6.51. The van der Waals surface area contributed by atoms with Crippen LogP contribution in [0.4, 0.5) is 5.69 Å². The zero-order valence-electron chi connectivity index (χ0n) is 10.6. The van der Waals surface area contributed by atoms with Crippen LogP contribution in [0.5, 0.6) is 0 Å². The van der Waals surface area contributed by atoms with Gasteiger partial charge in [0.05, 0.1) is 6.42 Å². The summed E-state index contributed by atoms with van der Waals surface area (Å²) >= 11 is 0. The maximum Gasteiger partial charge on any atom is 0.224 e. The number of allylic oxidation sites excluding steroid dienone is 2. The lowest BCUT2D eigenvalue weighted by atomic mass is 9.94. The van der Waals surface area contributed by atoms with Gasteiger partial charge in [-0.3, -0.25) is 4.79 Å². The van der Waals surface area contributed by atoms with Crippen molar-refractivity contribution in [3.8, 4) is 0 Å². The van der Waals surface area contributed by atoms with Gasteiger partial charge in [0.1, 0.15) is 0 Å². The first-order valence-electron chi connectivity index (χ1n) is 6.51. The van der Waals surface area contributed by atoms with Gasteiger partial charge >= 0.3 is 0 Å². The third-order valence-corrected chi connectivity index (χ3v) is 3.37. The van der Waals surface area contributed by atoms with Gasteiger partial charge in [-0.2, -0.15) is 0 Å². The third kappa shape index (κ3) is 3.62. The molecule has 1 atom stereocenters. The molecule has 0 radical (unpaired) electrons. The number of carbonyl (C=O) groups is 1. The average Bonchev–Trinajstić information content (AvgIpc) is 2.40. The van der Waals surface area contributed by atoms with Gasteiger partial charge in [0.15, 0.2) is 0 Å². The zero-order chi connectivity index (χ0) is 12.8. The van der Waals surface area contributed by atoms with E-state index in [0.717, 1.165) is 24.9 Å². The number of benzene rings is 1. The summed E-state index contributed by atoms with van der Waals surface area (Å²) < 4.78 is 0. The zero-order valence-corrected chi connectivity index (χ0v) is 10.6. The summed E-state index contributed by atoms with van der Waals surface area (Å²) in [6.45, 7) is 0.774. The molecule has 0 fully saturated rings. The van der Waals surface area contributed by atoms with Gasteiger partial charge in [0.25, 0.3) is 0 Å². The first-order chi connectivity index (χ1) is 8.75. The minimum Gasteiger partial charge on any atom is -0.398 e. The molecular weight excluding hydrogens is 224 g/mol. The molecule has 0 aliphatic heterocycles. The number of carbonyl (C=O) groups excluding carboxylic acids is 1. The molecule has 2 rings (SSSR count). The second-order valence-corrected chi connectivity index (χ2v) is 4.83. The molecule has 1 aromatic carbocycles. The largest absolute Gasteiger partial charge is 0.398 e. The van der Waals surface area contributed by atoms with Gasteiger partial charge in [-0.05, 0) is 36.8 Å². The van der Waals surface area contributed by atoms with E-state index >= 15 is 0 Å². The van der Waals surface area contributed by atoms with Crippen LogP contribution in [-0.2, 0) is 11.2 Å². The first kappa shape index (κ1) is 12.7. The highest BCUT2D eigenvalue weighted by Crippen LogP contribution is 2.17. The van der Waals surface area contributed by atoms with Crippen LogP contribution in [0.15, 0.2) is 36.4 Å². The average molecular weight is 244 g/mol. The minimum atomic E-state index is 0.0578. The number of nitrogen functional groups attached to an aromatic ring is 1. The minimum absolute atomic E-state index is 0.0578. The number of rotatable bonds is 4. The van der Waals surface area contributed by atoms with E-state index in [-0.39, 0.29) is 5.91 Å². The standard InChI is InChI=1S/C15H20N2O/c16-14-9-5-4-8-13(14)10-15(18)17-11-12-6-2-1-3-7-12/h1-2,4-5,8-9,12H,3,6-7,10-11,16H2,(H,17,18). The Morgan fingerprint density at radius 1 is 1.33 bits per heavy atom. The van der Waals surface area contributed by atoms with Crippen LogP contribution < -0.4 is 11.1 Å². The molecule has 0 heterocycles. The van der Waals surface area contributed by atoms with Crippen LogP contribution in [0.2, 0.25) is 0 Å². The Morgan fingerprint density at radius 3 is 2.89 bits per heavy atom. The molecule has 0 saturated carbocycles. The number of anilines is 1. The molecule has 96 valence electrons. The molecule has 1 aromatic rings. The number of hydrogen-bond acceptors (Lipinski definition) is 2. The van der Waals surface area contributed by atoms with E-state index in [0.29, 0.717) is 18.0 Å². The van der Waals surface area contributed by atoms with Crippen molar-refractivity contribution in [3.05, 3.63) is 42.0 Å². The summed E-state index contributed by atoms with van der Waals surface area (Å²) in [5.74, 6) is 0.648. The molecule has 1 aliphatic carbocycles.